The molecule has 0 radical (unpaired) electrons. The molecule has 1 heterocycles. The number of H-pyrrole nitrogens is 1. The SMILES string of the molecule is CC1(C)CC(=O)c2ccc(=O)[nH]c2C1. The van der Waals surface area contributed by atoms with E-state index in [9.17, 15) is 9.59 Å². The Morgan fingerprint density at radius 2 is 1.93 bits per heavy atom. The van der Waals surface area contributed by atoms with Crippen molar-refractivity contribution >= 4 is 5.78 Å². The number of carbonyl (C=O) groups is 1. The Balaban J connectivity index is 2.56. The van der Waals surface area contributed by atoms with E-state index >= 15 is 0 Å². The van der Waals surface area contributed by atoms with Crippen molar-refractivity contribution in [2.75, 3.05) is 0 Å². The minimum absolute atomic E-state index is 0.0334. The van der Waals surface area contributed by atoms with Gasteiger partial charge in [0.1, 0.15) is 0 Å². The number of hydrogen-bond acceptors (Lipinski definition) is 2. The van der Waals surface area contributed by atoms with Gasteiger partial charge in [-0.15, -0.1) is 0 Å². The zero-order valence-electron chi connectivity index (χ0n) is 8.39. The van der Waals surface area contributed by atoms with Crippen molar-refractivity contribution in [2.45, 2.75) is 26.7 Å². The van der Waals surface area contributed by atoms with Crippen molar-refractivity contribution in [3.05, 3.63) is 33.7 Å². The highest BCUT2D eigenvalue weighted by Crippen LogP contribution is 2.32. The second-order valence-corrected chi connectivity index (χ2v) is 4.66. The molecule has 14 heavy (non-hydrogen) atoms. The van der Waals surface area contributed by atoms with Gasteiger partial charge >= 0.3 is 0 Å². The standard InChI is InChI=1S/C11H13NO2/c1-11(2)5-8-7(9(13)6-11)3-4-10(14)12-8/h3-4H,5-6H2,1-2H3,(H,12,14). The lowest BCUT2D eigenvalue weighted by Crippen LogP contribution is -2.29. The van der Waals surface area contributed by atoms with Crippen LogP contribution >= 0.6 is 0 Å². The Bertz CT molecular complexity index is 443. The number of ketones is 1. The van der Waals surface area contributed by atoms with Crippen LogP contribution in [0.3, 0.4) is 0 Å². The molecule has 1 aliphatic carbocycles. The van der Waals surface area contributed by atoms with Gasteiger partial charge < -0.3 is 4.98 Å². The molecule has 2 rings (SSSR count). The van der Waals surface area contributed by atoms with Crippen LogP contribution in [0.1, 0.15) is 36.3 Å². The molecule has 1 N–H and O–H groups in total. The third kappa shape index (κ3) is 1.50. The maximum absolute atomic E-state index is 11.7. The second-order valence-electron chi connectivity index (χ2n) is 4.66. The molecule has 3 heteroatoms. The average molecular weight is 191 g/mol. The van der Waals surface area contributed by atoms with Crippen molar-refractivity contribution in [3.63, 3.8) is 0 Å². The fourth-order valence-electron chi connectivity index (χ4n) is 1.99. The predicted octanol–water partition coefficient (Wildman–Crippen LogP) is 1.53. The van der Waals surface area contributed by atoms with Gasteiger partial charge in [0.2, 0.25) is 5.56 Å². The summed E-state index contributed by atoms with van der Waals surface area (Å²) in [6.45, 7) is 4.08. The lowest BCUT2D eigenvalue weighted by Gasteiger charge is -2.29. The van der Waals surface area contributed by atoms with Gasteiger partial charge in [0.15, 0.2) is 5.78 Å². The second kappa shape index (κ2) is 2.80. The summed E-state index contributed by atoms with van der Waals surface area (Å²) in [5, 5.41) is 0. The fourth-order valence-corrected chi connectivity index (χ4v) is 1.99. The summed E-state index contributed by atoms with van der Waals surface area (Å²) in [6.07, 6.45) is 1.33. The summed E-state index contributed by atoms with van der Waals surface area (Å²) >= 11 is 0. The molecule has 1 aromatic heterocycles. The van der Waals surface area contributed by atoms with Crippen LogP contribution in [0.4, 0.5) is 0 Å². The number of pyridine rings is 1. The Hall–Kier alpha value is -1.38. The summed E-state index contributed by atoms with van der Waals surface area (Å²) in [5.74, 6) is 0.132. The number of hydrogen-bond donors (Lipinski definition) is 1. The highest BCUT2D eigenvalue weighted by atomic mass is 16.1. The maximum Gasteiger partial charge on any atom is 0.248 e. The van der Waals surface area contributed by atoms with E-state index in [0.29, 0.717) is 12.0 Å². The average Bonchev–Trinajstić information content (AvgIpc) is 2.00. The van der Waals surface area contributed by atoms with Gasteiger partial charge in [0.25, 0.3) is 0 Å². The van der Waals surface area contributed by atoms with Crippen molar-refractivity contribution in [1.29, 1.82) is 0 Å². The molecule has 1 aromatic rings. The first-order valence-corrected chi connectivity index (χ1v) is 4.73. The molecule has 0 saturated heterocycles. The molecule has 0 spiro atoms. The Morgan fingerprint density at radius 3 is 2.64 bits per heavy atom. The Kier molecular flexibility index (Phi) is 1.84. The van der Waals surface area contributed by atoms with Crippen LogP contribution in [0.5, 0.6) is 0 Å². The van der Waals surface area contributed by atoms with Crippen LogP contribution < -0.4 is 5.56 Å². The van der Waals surface area contributed by atoms with Gasteiger partial charge in [-0.3, -0.25) is 9.59 Å². The highest BCUT2D eigenvalue weighted by molar-refractivity contribution is 5.98. The first-order valence-electron chi connectivity index (χ1n) is 4.73. The number of Topliss-reactive ketones (excluding diaryl/α,β-unsaturated/α-hetero) is 1. The van der Waals surface area contributed by atoms with Gasteiger partial charge in [0, 0.05) is 23.7 Å². The molecule has 0 atom stereocenters. The first kappa shape index (κ1) is 9.19. The molecular weight excluding hydrogens is 178 g/mol. The smallest absolute Gasteiger partial charge is 0.248 e. The van der Waals surface area contributed by atoms with Crippen LogP contribution in [0.25, 0.3) is 0 Å². The van der Waals surface area contributed by atoms with Crippen molar-refractivity contribution in [1.82, 2.24) is 4.98 Å². The molecule has 74 valence electrons. The Morgan fingerprint density at radius 1 is 1.21 bits per heavy atom. The monoisotopic (exact) mass is 191 g/mol. The minimum atomic E-state index is -0.130. The highest BCUT2D eigenvalue weighted by Gasteiger charge is 2.31. The van der Waals surface area contributed by atoms with E-state index in [1.165, 1.54) is 6.07 Å². The number of aromatic amines is 1. The third-order valence-electron chi connectivity index (χ3n) is 2.60. The number of rotatable bonds is 0. The summed E-state index contributed by atoms with van der Waals surface area (Å²) in [5.41, 5.74) is 1.31. The molecule has 0 aromatic carbocycles. The van der Waals surface area contributed by atoms with E-state index in [0.717, 1.165) is 12.1 Å². The van der Waals surface area contributed by atoms with Gasteiger partial charge in [-0.2, -0.15) is 0 Å². The molecule has 0 bridgehead atoms. The molecule has 0 saturated carbocycles. The van der Waals surface area contributed by atoms with Crippen LogP contribution in [0, 0.1) is 5.41 Å². The van der Waals surface area contributed by atoms with Crippen LogP contribution in [-0.4, -0.2) is 10.8 Å². The quantitative estimate of drug-likeness (QED) is 0.676. The number of aromatic nitrogens is 1. The first-order chi connectivity index (χ1) is 6.48. The van der Waals surface area contributed by atoms with Crippen LogP contribution in [0.15, 0.2) is 16.9 Å². The van der Waals surface area contributed by atoms with Crippen molar-refractivity contribution in [3.8, 4) is 0 Å². The lowest BCUT2D eigenvalue weighted by molar-refractivity contribution is 0.0910. The molecule has 0 fully saturated rings. The zero-order valence-corrected chi connectivity index (χ0v) is 8.39. The number of carbonyl (C=O) groups excluding carboxylic acids is 1. The molecule has 3 nitrogen and oxygen atoms in total. The van der Waals surface area contributed by atoms with Crippen molar-refractivity contribution in [2.24, 2.45) is 5.41 Å². The molecule has 1 aliphatic rings. The molecule has 0 amide bonds. The number of fused-ring (bicyclic) bond motifs is 1. The van der Waals surface area contributed by atoms with Gasteiger partial charge in [-0.05, 0) is 17.9 Å². The summed E-state index contributed by atoms with van der Waals surface area (Å²) in [6, 6.07) is 3.04. The van der Waals surface area contributed by atoms with Gasteiger partial charge in [-0.1, -0.05) is 13.8 Å². The van der Waals surface area contributed by atoms with E-state index in [-0.39, 0.29) is 16.8 Å². The third-order valence-corrected chi connectivity index (χ3v) is 2.60. The topological polar surface area (TPSA) is 49.9 Å². The molecular formula is C11H13NO2. The molecule has 0 unspecified atom stereocenters. The van der Waals surface area contributed by atoms with Crippen molar-refractivity contribution < 1.29 is 4.79 Å². The summed E-state index contributed by atoms with van der Waals surface area (Å²) < 4.78 is 0. The largest absolute Gasteiger partial charge is 0.325 e. The minimum Gasteiger partial charge on any atom is -0.325 e. The molecule has 0 aliphatic heterocycles. The van der Waals surface area contributed by atoms with E-state index in [4.69, 9.17) is 0 Å². The summed E-state index contributed by atoms with van der Waals surface area (Å²) in [7, 11) is 0. The lowest BCUT2D eigenvalue weighted by atomic mass is 9.76. The van der Waals surface area contributed by atoms with E-state index in [1.807, 2.05) is 13.8 Å². The van der Waals surface area contributed by atoms with Crippen LogP contribution in [-0.2, 0) is 6.42 Å². The predicted molar refractivity (Wildman–Crippen MR) is 53.5 cm³/mol. The van der Waals surface area contributed by atoms with Gasteiger partial charge in [-0.25, -0.2) is 0 Å². The fraction of sp³-hybridized carbons (Fsp3) is 0.455. The van der Waals surface area contributed by atoms with Gasteiger partial charge in [0.05, 0.1) is 0 Å². The van der Waals surface area contributed by atoms with E-state index in [2.05, 4.69) is 4.98 Å². The van der Waals surface area contributed by atoms with E-state index < -0.39 is 0 Å². The van der Waals surface area contributed by atoms with Crippen LogP contribution in [0.2, 0.25) is 0 Å². The number of nitrogens with one attached hydrogen (secondary N) is 1. The van der Waals surface area contributed by atoms with E-state index in [1.54, 1.807) is 6.07 Å². The summed E-state index contributed by atoms with van der Waals surface area (Å²) in [4.78, 5) is 25.5. The Labute approximate surface area is 82.2 Å². The normalized spacial score (nSPS) is 19.1. The zero-order chi connectivity index (χ0) is 10.3. The maximum atomic E-state index is 11.7.